The third kappa shape index (κ3) is 2.92. The number of nitrogens with zero attached hydrogens (tertiary/aromatic N) is 1. The van der Waals surface area contributed by atoms with Crippen molar-refractivity contribution in [2.75, 3.05) is 13.3 Å². The van der Waals surface area contributed by atoms with Crippen LogP contribution in [-0.4, -0.2) is 18.3 Å². The van der Waals surface area contributed by atoms with E-state index in [-0.39, 0.29) is 5.41 Å². The van der Waals surface area contributed by atoms with Gasteiger partial charge in [-0.1, -0.05) is 26.8 Å². The Hall–Kier alpha value is -0.620. The van der Waals surface area contributed by atoms with Gasteiger partial charge in [-0.2, -0.15) is 0 Å². The van der Waals surface area contributed by atoms with Crippen LogP contribution in [0.15, 0.2) is 12.1 Å². The molecule has 0 unspecified atom stereocenters. The molecule has 0 aromatic carbocycles. The van der Waals surface area contributed by atoms with Gasteiger partial charge < -0.3 is 4.57 Å². The third-order valence-electron chi connectivity index (χ3n) is 2.35. The Labute approximate surface area is 92.5 Å². The summed E-state index contributed by atoms with van der Waals surface area (Å²) in [5.41, 5.74) is 2.82. The van der Waals surface area contributed by atoms with Gasteiger partial charge in [-0.3, -0.25) is 0 Å². The maximum Gasteiger partial charge on any atom is 0.127 e. The van der Waals surface area contributed by atoms with Crippen molar-refractivity contribution in [3.8, 4) is 0 Å². The van der Waals surface area contributed by atoms with E-state index in [2.05, 4.69) is 25.8 Å². The second-order valence-electron chi connectivity index (χ2n) is 5.44. The molecule has 0 N–H and O–H groups in total. The zero-order valence-corrected chi connectivity index (χ0v) is 11.4. The maximum absolute atomic E-state index is 12.1. The molecule has 1 aromatic rings. The summed E-state index contributed by atoms with van der Waals surface area (Å²) in [6.07, 6.45) is 0. The predicted octanol–water partition coefficient (Wildman–Crippen LogP) is 2.94. The van der Waals surface area contributed by atoms with Crippen molar-refractivity contribution in [2.24, 2.45) is 0 Å². The SMILES string of the molecule is Cc1ccc(C(C)(C)C)nc1P(C)(C)=O. The van der Waals surface area contributed by atoms with Crippen molar-refractivity contribution in [1.82, 2.24) is 4.98 Å². The van der Waals surface area contributed by atoms with E-state index in [4.69, 9.17) is 0 Å². The van der Waals surface area contributed by atoms with Gasteiger partial charge in [-0.25, -0.2) is 4.98 Å². The first kappa shape index (κ1) is 12.4. The molecular formula is C12H20NOP. The molecule has 0 amide bonds. The minimum Gasteiger partial charge on any atom is -0.318 e. The lowest BCUT2D eigenvalue weighted by molar-refractivity contribution is 0.568. The molecule has 0 spiro atoms. The Kier molecular flexibility index (Phi) is 3.11. The molecule has 0 atom stereocenters. The van der Waals surface area contributed by atoms with E-state index >= 15 is 0 Å². The molecule has 1 heterocycles. The number of hydrogen-bond donors (Lipinski definition) is 0. The van der Waals surface area contributed by atoms with E-state index in [1.54, 1.807) is 13.3 Å². The third-order valence-corrected chi connectivity index (χ3v) is 3.82. The standard InChI is InChI=1S/C12H20NOP/c1-9-7-8-10(12(2,3)4)13-11(9)15(5,6)14/h7-8H,1-6H3. The van der Waals surface area contributed by atoms with Crippen molar-refractivity contribution >= 4 is 12.6 Å². The second-order valence-corrected chi connectivity index (χ2v) is 8.56. The summed E-state index contributed by atoms with van der Waals surface area (Å²) in [6.45, 7) is 11.9. The van der Waals surface area contributed by atoms with Crippen LogP contribution in [-0.2, 0) is 9.98 Å². The minimum absolute atomic E-state index is 0.0115. The van der Waals surface area contributed by atoms with E-state index < -0.39 is 7.14 Å². The van der Waals surface area contributed by atoms with Crippen LogP contribution in [0, 0.1) is 6.92 Å². The summed E-state index contributed by atoms with van der Waals surface area (Å²) in [7, 11) is -2.26. The average Bonchev–Trinajstić information content (AvgIpc) is 2.00. The molecule has 3 heteroatoms. The first-order valence-electron chi connectivity index (χ1n) is 5.16. The number of hydrogen-bond acceptors (Lipinski definition) is 2. The molecule has 2 nitrogen and oxygen atoms in total. The number of aryl methyl sites for hydroxylation is 1. The second kappa shape index (κ2) is 3.75. The smallest absolute Gasteiger partial charge is 0.127 e. The molecule has 0 radical (unpaired) electrons. The Morgan fingerprint density at radius 1 is 1.20 bits per heavy atom. The van der Waals surface area contributed by atoms with Gasteiger partial charge in [0.15, 0.2) is 0 Å². The molecule has 0 aliphatic rings. The zero-order valence-electron chi connectivity index (χ0n) is 10.5. The van der Waals surface area contributed by atoms with Gasteiger partial charge in [0.1, 0.15) is 12.6 Å². The van der Waals surface area contributed by atoms with Crippen molar-refractivity contribution in [1.29, 1.82) is 0 Å². The van der Waals surface area contributed by atoms with Crippen molar-refractivity contribution in [3.05, 3.63) is 23.4 Å². The van der Waals surface area contributed by atoms with E-state index in [9.17, 15) is 4.57 Å². The molecule has 0 saturated carbocycles. The van der Waals surface area contributed by atoms with Crippen LogP contribution in [0.2, 0.25) is 0 Å². The molecular weight excluding hydrogens is 205 g/mol. The van der Waals surface area contributed by atoms with Crippen LogP contribution in [0.3, 0.4) is 0 Å². The lowest BCUT2D eigenvalue weighted by Crippen LogP contribution is -2.21. The topological polar surface area (TPSA) is 30.0 Å². The summed E-state index contributed by atoms with van der Waals surface area (Å²) < 4.78 is 12.1. The normalized spacial score (nSPS) is 12.9. The highest BCUT2D eigenvalue weighted by molar-refractivity contribution is 7.70. The zero-order chi connectivity index (χ0) is 11.9. The van der Waals surface area contributed by atoms with Crippen molar-refractivity contribution in [3.63, 3.8) is 0 Å². The fourth-order valence-corrected chi connectivity index (χ4v) is 2.75. The van der Waals surface area contributed by atoms with E-state index in [0.29, 0.717) is 0 Å². The molecule has 1 rings (SSSR count). The largest absolute Gasteiger partial charge is 0.318 e. The fourth-order valence-electron chi connectivity index (χ4n) is 1.48. The summed E-state index contributed by atoms with van der Waals surface area (Å²) >= 11 is 0. The lowest BCUT2D eigenvalue weighted by atomic mass is 9.91. The number of pyridine rings is 1. The summed E-state index contributed by atoms with van der Waals surface area (Å²) in [4.78, 5) is 4.55. The van der Waals surface area contributed by atoms with Gasteiger partial charge in [-0.05, 0) is 31.9 Å². The first-order valence-corrected chi connectivity index (χ1v) is 7.76. The first-order chi connectivity index (χ1) is 6.62. The van der Waals surface area contributed by atoms with Crippen LogP contribution in [0.5, 0.6) is 0 Å². The highest BCUT2D eigenvalue weighted by Gasteiger charge is 2.21. The van der Waals surface area contributed by atoms with Crippen molar-refractivity contribution in [2.45, 2.75) is 33.1 Å². The Morgan fingerprint density at radius 3 is 2.13 bits per heavy atom. The predicted molar refractivity (Wildman–Crippen MR) is 66.8 cm³/mol. The van der Waals surface area contributed by atoms with Crippen LogP contribution in [0.1, 0.15) is 32.0 Å². The summed E-state index contributed by atoms with van der Waals surface area (Å²) in [6, 6.07) is 4.04. The molecule has 0 fully saturated rings. The summed E-state index contributed by atoms with van der Waals surface area (Å²) in [5, 5.41) is 0. The number of rotatable bonds is 1. The van der Waals surface area contributed by atoms with Gasteiger partial charge in [0.05, 0.1) is 0 Å². The Morgan fingerprint density at radius 2 is 1.73 bits per heavy atom. The molecule has 0 saturated heterocycles. The van der Waals surface area contributed by atoms with Crippen LogP contribution in [0.25, 0.3) is 0 Å². The van der Waals surface area contributed by atoms with Crippen LogP contribution >= 0.6 is 7.14 Å². The molecule has 15 heavy (non-hydrogen) atoms. The molecule has 0 aliphatic heterocycles. The molecule has 84 valence electrons. The Bertz CT molecular complexity index is 412. The minimum atomic E-state index is -2.26. The Balaban J connectivity index is 3.36. The highest BCUT2D eigenvalue weighted by atomic mass is 31.2. The van der Waals surface area contributed by atoms with E-state index in [0.717, 1.165) is 16.7 Å². The maximum atomic E-state index is 12.1. The fraction of sp³-hybridized carbons (Fsp3) is 0.583. The van der Waals surface area contributed by atoms with Gasteiger partial charge in [0.25, 0.3) is 0 Å². The van der Waals surface area contributed by atoms with Gasteiger partial charge in [0.2, 0.25) is 0 Å². The van der Waals surface area contributed by atoms with Gasteiger partial charge in [-0.15, -0.1) is 0 Å². The van der Waals surface area contributed by atoms with Gasteiger partial charge >= 0.3 is 0 Å². The van der Waals surface area contributed by atoms with Crippen LogP contribution in [0.4, 0.5) is 0 Å². The van der Waals surface area contributed by atoms with Crippen LogP contribution < -0.4 is 5.44 Å². The monoisotopic (exact) mass is 225 g/mol. The van der Waals surface area contributed by atoms with E-state index in [1.165, 1.54) is 0 Å². The van der Waals surface area contributed by atoms with Gasteiger partial charge in [0, 0.05) is 11.1 Å². The lowest BCUT2D eigenvalue weighted by Gasteiger charge is -2.20. The van der Waals surface area contributed by atoms with Crippen molar-refractivity contribution < 1.29 is 4.57 Å². The molecule has 1 aromatic heterocycles. The van der Waals surface area contributed by atoms with E-state index in [1.807, 2.05) is 19.1 Å². The highest BCUT2D eigenvalue weighted by Crippen LogP contribution is 2.35. The number of aromatic nitrogens is 1. The molecule has 0 bridgehead atoms. The summed E-state index contributed by atoms with van der Waals surface area (Å²) in [5.74, 6) is 0. The molecule has 0 aliphatic carbocycles. The average molecular weight is 225 g/mol. The quantitative estimate of drug-likeness (QED) is 0.688.